The molecule has 0 unspecified atom stereocenters. The van der Waals surface area contributed by atoms with Gasteiger partial charge in [0.05, 0.1) is 5.69 Å². The van der Waals surface area contributed by atoms with Gasteiger partial charge >= 0.3 is 0 Å². The van der Waals surface area contributed by atoms with E-state index in [1.54, 1.807) is 0 Å². The molecule has 4 heteroatoms. The highest BCUT2D eigenvalue weighted by molar-refractivity contribution is 7.14. The summed E-state index contributed by atoms with van der Waals surface area (Å²) in [6, 6.07) is 14.5. The van der Waals surface area contributed by atoms with Crippen LogP contribution in [0.1, 0.15) is 0 Å². The number of anilines is 1. The van der Waals surface area contributed by atoms with E-state index < -0.39 is 0 Å². The zero-order valence-corrected chi connectivity index (χ0v) is 11.1. The van der Waals surface area contributed by atoms with E-state index in [0.717, 1.165) is 16.4 Å². The smallest absolute Gasteiger partial charge is 0.183 e. The van der Waals surface area contributed by atoms with E-state index in [0.29, 0.717) is 6.54 Å². The maximum Gasteiger partial charge on any atom is 0.183 e. The molecule has 1 aromatic heterocycles. The molecular formula is C15H13FN2S. The Balaban J connectivity index is 1.92. The van der Waals surface area contributed by atoms with Crippen LogP contribution in [-0.2, 0) is 0 Å². The molecule has 0 aliphatic rings. The molecule has 2 nitrogen and oxygen atoms in total. The van der Waals surface area contributed by atoms with Gasteiger partial charge in [0.15, 0.2) is 5.13 Å². The van der Waals surface area contributed by atoms with Gasteiger partial charge in [-0.2, -0.15) is 0 Å². The van der Waals surface area contributed by atoms with E-state index in [2.05, 4.69) is 40.6 Å². The summed E-state index contributed by atoms with van der Waals surface area (Å²) in [6.45, 7) is -0.0738. The van der Waals surface area contributed by atoms with E-state index >= 15 is 0 Å². The van der Waals surface area contributed by atoms with Crippen LogP contribution in [0.5, 0.6) is 0 Å². The molecule has 0 bridgehead atoms. The second kappa shape index (κ2) is 5.36. The first-order chi connectivity index (χ1) is 9.36. The van der Waals surface area contributed by atoms with Crippen LogP contribution in [0, 0.1) is 0 Å². The lowest BCUT2D eigenvalue weighted by molar-refractivity contribution is 0.512. The van der Waals surface area contributed by atoms with Crippen LogP contribution in [0.25, 0.3) is 22.0 Å². The van der Waals surface area contributed by atoms with E-state index in [9.17, 15) is 4.39 Å². The number of nitrogens with zero attached hydrogens (tertiary/aromatic N) is 1. The summed E-state index contributed by atoms with van der Waals surface area (Å²) < 4.78 is 12.1. The van der Waals surface area contributed by atoms with E-state index in [4.69, 9.17) is 0 Å². The Labute approximate surface area is 114 Å². The predicted molar refractivity (Wildman–Crippen MR) is 79.5 cm³/mol. The minimum atomic E-state index is -0.384. The summed E-state index contributed by atoms with van der Waals surface area (Å²) >= 11 is 1.50. The van der Waals surface area contributed by atoms with E-state index in [-0.39, 0.29) is 6.67 Å². The monoisotopic (exact) mass is 272 g/mol. The highest BCUT2D eigenvalue weighted by Crippen LogP contribution is 2.27. The number of hydrogen-bond donors (Lipinski definition) is 1. The molecule has 0 aliphatic carbocycles. The molecule has 0 atom stereocenters. The number of halogens is 1. The first kappa shape index (κ1) is 12.1. The van der Waals surface area contributed by atoms with Crippen molar-refractivity contribution >= 4 is 27.2 Å². The standard InChI is InChI=1S/C15H13FN2S/c16-7-8-17-15-18-14(10-19-15)13-6-5-11-3-1-2-4-12(11)9-13/h1-6,9-10H,7-8H2,(H,17,18). The van der Waals surface area contributed by atoms with Gasteiger partial charge in [-0.15, -0.1) is 11.3 Å². The highest BCUT2D eigenvalue weighted by Gasteiger charge is 2.05. The molecule has 96 valence electrons. The number of alkyl halides is 1. The van der Waals surface area contributed by atoms with Crippen LogP contribution in [0.4, 0.5) is 9.52 Å². The van der Waals surface area contributed by atoms with Crippen LogP contribution in [0.2, 0.25) is 0 Å². The van der Waals surface area contributed by atoms with Gasteiger partial charge < -0.3 is 5.32 Å². The summed E-state index contributed by atoms with van der Waals surface area (Å²) in [5.74, 6) is 0. The molecule has 1 N–H and O–H groups in total. The van der Waals surface area contributed by atoms with Crippen molar-refractivity contribution in [1.82, 2.24) is 4.98 Å². The Kier molecular flexibility index (Phi) is 3.42. The van der Waals surface area contributed by atoms with Crippen molar-refractivity contribution in [1.29, 1.82) is 0 Å². The maximum absolute atomic E-state index is 12.1. The van der Waals surface area contributed by atoms with Crippen molar-refractivity contribution in [2.75, 3.05) is 18.5 Å². The summed E-state index contributed by atoms with van der Waals surface area (Å²) in [4.78, 5) is 4.47. The number of rotatable bonds is 4. The first-order valence-corrected chi connectivity index (χ1v) is 6.99. The van der Waals surface area contributed by atoms with Crippen LogP contribution < -0.4 is 5.32 Å². The highest BCUT2D eigenvalue weighted by atomic mass is 32.1. The molecule has 0 radical (unpaired) electrons. The quantitative estimate of drug-likeness (QED) is 0.764. The molecule has 0 amide bonds. The van der Waals surface area contributed by atoms with Crippen LogP contribution in [0.15, 0.2) is 47.8 Å². The number of benzene rings is 2. The van der Waals surface area contributed by atoms with Crippen LogP contribution >= 0.6 is 11.3 Å². The van der Waals surface area contributed by atoms with Crippen LogP contribution in [0.3, 0.4) is 0 Å². The molecule has 0 saturated carbocycles. The molecular weight excluding hydrogens is 259 g/mol. The third-order valence-corrected chi connectivity index (χ3v) is 3.72. The van der Waals surface area contributed by atoms with Crippen molar-refractivity contribution in [3.05, 3.63) is 47.8 Å². The SMILES string of the molecule is FCCNc1nc(-c2ccc3ccccc3c2)cs1. The average Bonchev–Trinajstić information content (AvgIpc) is 2.93. The third kappa shape index (κ3) is 2.58. The molecule has 0 fully saturated rings. The lowest BCUT2D eigenvalue weighted by Crippen LogP contribution is -2.01. The zero-order chi connectivity index (χ0) is 13.1. The molecule has 0 saturated heterocycles. The van der Waals surface area contributed by atoms with Crippen molar-refractivity contribution in [2.24, 2.45) is 0 Å². The van der Waals surface area contributed by atoms with Crippen molar-refractivity contribution in [3.63, 3.8) is 0 Å². The van der Waals surface area contributed by atoms with Crippen molar-refractivity contribution in [2.45, 2.75) is 0 Å². The fourth-order valence-corrected chi connectivity index (χ4v) is 2.74. The first-order valence-electron chi connectivity index (χ1n) is 6.11. The van der Waals surface area contributed by atoms with Crippen LogP contribution in [-0.4, -0.2) is 18.2 Å². The number of aromatic nitrogens is 1. The number of hydrogen-bond acceptors (Lipinski definition) is 3. The molecule has 2 aromatic carbocycles. The van der Waals surface area contributed by atoms with Gasteiger partial charge in [-0.3, -0.25) is 0 Å². The number of thiazole rings is 1. The Morgan fingerprint density at radius 2 is 1.95 bits per heavy atom. The Morgan fingerprint density at radius 3 is 2.79 bits per heavy atom. The summed E-state index contributed by atoms with van der Waals surface area (Å²) in [6.07, 6.45) is 0. The molecule has 3 rings (SSSR count). The normalized spacial score (nSPS) is 10.8. The average molecular weight is 272 g/mol. The van der Waals surface area contributed by atoms with Crippen molar-refractivity contribution < 1.29 is 4.39 Å². The number of fused-ring (bicyclic) bond motifs is 1. The maximum atomic E-state index is 12.1. The molecule has 19 heavy (non-hydrogen) atoms. The minimum absolute atomic E-state index is 0.310. The lowest BCUT2D eigenvalue weighted by atomic mass is 10.1. The fourth-order valence-electron chi connectivity index (χ4n) is 1.99. The Bertz CT molecular complexity index is 693. The third-order valence-electron chi connectivity index (χ3n) is 2.92. The van der Waals surface area contributed by atoms with Gasteiger partial charge in [-0.1, -0.05) is 36.4 Å². The Hall–Kier alpha value is -1.94. The Morgan fingerprint density at radius 1 is 1.11 bits per heavy atom. The second-order valence-electron chi connectivity index (χ2n) is 4.22. The molecule has 1 heterocycles. The van der Waals surface area contributed by atoms with Gasteiger partial charge in [-0.05, 0) is 16.8 Å². The predicted octanol–water partition coefficient (Wildman–Crippen LogP) is 4.34. The summed E-state index contributed by atoms with van der Waals surface area (Å²) in [5.41, 5.74) is 2.01. The van der Waals surface area contributed by atoms with Gasteiger partial charge in [0, 0.05) is 17.5 Å². The van der Waals surface area contributed by atoms with E-state index in [1.807, 2.05) is 17.5 Å². The fraction of sp³-hybridized carbons (Fsp3) is 0.133. The zero-order valence-electron chi connectivity index (χ0n) is 10.3. The van der Waals surface area contributed by atoms with Gasteiger partial charge in [0.1, 0.15) is 6.67 Å². The largest absolute Gasteiger partial charge is 0.359 e. The topological polar surface area (TPSA) is 24.9 Å². The second-order valence-corrected chi connectivity index (χ2v) is 5.07. The summed E-state index contributed by atoms with van der Waals surface area (Å²) in [7, 11) is 0. The van der Waals surface area contributed by atoms with Gasteiger partial charge in [-0.25, -0.2) is 9.37 Å². The van der Waals surface area contributed by atoms with Gasteiger partial charge in [0.2, 0.25) is 0 Å². The van der Waals surface area contributed by atoms with Gasteiger partial charge in [0.25, 0.3) is 0 Å². The molecule has 0 spiro atoms. The van der Waals surface area contributed by atoms with E-state index in [1.165, 1.54) is 22.1 Å². The summed E-state index contributed by atoms with van der Waals surface area (Å²) in [5, 5.41) is 8.13. The molecule has 0 aliphatic heterocycles. The molecule has 3 aromatic rings. The minimum Gasteiger partial charge on any atom is -0.359 e. The van der Waals surface area contributed by atoms with Crippen molar-refractivity contribution in [3.8, 4) is 11.3 Å². The lowest BCUT2D eigenvalue weighted by Gasteiger charge is -2.01. The number of nitrogens with one attached hydrogen (secondary N) is 1.